The van der Waals surface area contributed by atoms with Crippen LogP contribution in [0.4, 0.5) is 0 Å². The second kappa shape index (κ2) is 9.90. The largest absolute Gasteiger partial charge is 0.469 e. The van der Waals surface area contributed by atoms with Gasteiger partial charge in [-0.1, -0.05) is 6.07 Å². The molecule has 0 bridgehead atoms. The van der Waals surface area contributed by atoms with Crippen molar-refractivity contribution in [3.63, 3.8) is 0 Å². The van der Waals surface area contributed by atoms with Gasteiger partial charge in [-0.15, -0.1) is 0 Å². The van der Waals surface area contributed by atoms with E-state index in [1.54, 1.807) is 48.5 Å². The number of ether oxygens (including phenoxy) is 2. The molecule has 1 atom stereocenters. The predicted octanol–water partition coefficient (Wildman–Crippen LogP) is 3.06. The average molecular weight is 407 g/mol. The topological polar surface area (TPSA) is 82.9 Å². The number of hydrogen-bond acceptors (Lipinski definition) is 6. The molecule has 1 amide bonds. The van der Waals surface area contributed by atoms with Crippen molar-refractivity contribution in [3.05, 3.63) is 59.7 Å². The number of nitrogens with zero attached hydrogens (tertiary/aromatic N) is 3. The normalized spacial score (nSPS) is 15.2. The zero-order valence-corrected chi connectivity index (χ0v) is 17.2. The van der Waals surface area contributed by atoms with Gasteiger partial charge in [0.1, 0.15) is 11.5 Å². The van der Waals surface area contributed by atoms with Crippen molar-refractivity contribution in [1.29, 1.82) is 5.26 Å². The summed E-state index contributed by atoms with van der Waals surface area (Å²) in [5.41, 5.74) is 1.13. The van der Waals surface area contributed by atoms with Crippen LogP contribution in [0.2, 0.25) is 0 Å². The van der Waals surface area contributed by atoms with E-state index in [9.17, 15) is 9.59 Å². The lowest BCUT2D eigenvalue weighted by atomic mass is 10.1. The Morgan fingerprint density at radius 1 is 1.07 bits per heavy atom. The van der Waals surface area contributed by atoms with E-state index in [-0.39, 0.29) is 17.9 Å². The standard InChI is InChI=1S/C23H25N3O4/c1-17(14-22(27)29-2)25-10-12-26(13-11-25)23(28)19-4-3-5-21(15-19)30-20-8-6-18(16-24)7-9-20/h3-9,15,17H,10-14H2,1-2H3. The van der Waals surface area contributed by atoms with Gasteiger partial charge in [0.05, 0.1) is 25.2 Å². The number of carbonyl (C=O) groups is 2. The highest BCUT2D eigenvalue weighted by Gasteiger charge is 2.26. The molecule has 2 aromatic rings. The molecule has 1 saturated heterocycles. The Hall–Kier alpha value is -3.37. The number of rotatable bonds is 6. The van der Waals surface area contributed by atoms with Crippen LogP contribution in [0.25, 0.3) is 0 Å². The fourth-order valence-electron chi connectivity index (χ4n) is 3.43. The van der Waals surface area contributed by atoms with E-state index in [4.69, 9.17) is 14.7 Å². The molecule has 7 heteroatoms. The first kappa shape index (κ1) is 21.3. The zero-order chi connectivity index (χ0) is 21.5. The molecule has 1 aliphatic heterocycles. The van der Waals surface area contributed by atoms with Gasteiger partial charge in [0.2, 0.25) is 0 Å². The first-order valence-electron chi connectivity index (χ1n) is 9.88. The van der Waals surface area contributed by atoms with Gasteiger partial charge in [-0.3, -0.25) is 14.5 Å². The summed E-state index contributed by atoms with van der Waals surface area (Å²) in [4.78, 5) is 28.4. The lowest BCUT2D eigenvalue weighted by Crippen LogP contribution is -2.51. The van der Waals surface area contributed by atoms with E-state index >= 15 is 0 Å². The van der Waals surface area contributed by atoms with Gasteiger partial charge in [-0.05, 0) is 49.4 Å². The fraction of sp³-hybridized carbons (Fsp3) is 0.348. The first-order valence-corrected chi connectivity index (χ1v) is 9.88. The Bertz CT molecular complexity index is 928. The van der Waals surface area contributed by atoms with Gasteiger partial charge >= 0.3 is 5.97 Å². The highest BCUT2D eigenvalue weighted by molar-refractivity contribution is 5.94. The number of carbonyl (C=O) groups excluding carboxylic acids is 2. The second-order valence-electron chi connectivity index (χ2n) is 7.22. The number of methoxy groups -OCH3 is 1. The third kappa shape index (κ3) is 5.37. The van der Waals surface area contributed by atoms with Crippen molar-refractivity contribution in [1.82, 2.24) is 9.80 Å². The maximum Gasteiger partial charge on any atom is 0.307 e. The molecule has 156 valence electrons. The Kier molecular flexibility index (Phi) is 7.04. The Labute approximate surface area is 176 Å². The van der Waals surface area contributed by atoms with Crippen LogP contribution >= 0.6 is 0 Å². The second-order valence-corrected chi connectivity index (χ2v) is 7.22. The molecule has 30 heavy (non-hydrogen) atoms. The van der Waals surface area contributed by atoms with E-state index in [2.05, 4.69) is 11.0 Å². The molecule has 0 aromatic heterocycles. The number of piperazine rings is 1. The van der Waals surface area contributed by atoms with Crippen molar-refractivity contribution in [2.45, 2.75) is 19.4 Å². The summed E-state index contributed by atoms with van der Waals surface area (Å²) in [5.74, 6) is 0.906. The van der Waals surface area contributed by atoms with Crippen LogP contribution in [0.3, 0.4) is 0 Å². The van der Waals surface area contributed by atoms with Crippen molar-refractivity contribution in [3.8, 4) is 17.6 Å². The lowest BCUT2D eigenvalue weighted by Gasteiger charge is -2.37. The number of esters is 1. The summed E-state index contributed by atoms with van der Waals surface area (Å²) in [6.45, 7) is 4.63. The molecule has 0 radical (unpaired) electrons. The SMILES string of the molecule is COC(=O)CC(C)N1CCN(C(=O)c2cccc(Oc3ccc(C#N)cc3)c2)CC1. The number of nitriles is 1. The van der Waals surface area contributed by atoms with Crippen LogP contribution in [0.5, 0.6) is 11.5 Å². The third-order valence-electron chi connectivity index (χ3n) is 5.21. The van der Waals surface area contributed by atoms with Gasteiger partial charge in [0.15, 0.2) is 0 Å². The molecule has 0 saturated carbocycles. The molecular weight excluding hydrogens is 382 g/mol. The number of amides is 1. The van der Waals surface area contributed by atoms with Gasteiger partial charge < -0.3 is 14.4 Å². The van der Waals surface area contributed by atoms with Crippen LogP contribution in [-0.2, 0) is 9.53 Å². The zero-order valence-electron chi connectivity index (χ0n) is 17.2. The lowest BCUT2D eigenvalue weighted by molar-refractivity contribution is -0.142. The van der Waals surface area contributed by atoms with Crippen LogP contribution in [-0.4, -0.2) is 61.0 Å². The van der Waals surface area contributed by atoms with Gasteiger partial charge in [0, 0.05) is 37.8 Å². The van der Waals surface area contributed by atoms with Crippen LogP contribution in [0.15, 0.2) is 48.5 Å². The van der Waals surface area contributed by atoms with E-state index < -0.39 is 0 Å². The number of benzene rings is 2. The predicted molar refractivity (Wildman–Crippen MR) is 111 cm³/mol. The minimum Gasteiger partial charge on any atom is -0.469 e. The van der Waals surface area contributed by atoms with Crippen molar-refractivity contribution >= 4 is 11.9 Å². The molecule has 3 rings (SSSR count). The van der Waals surface area contributed by atoms with Gasteiger partial charge in [-0.25, -0.2) is 0 Å². The summed E-state index contributed by atoms with van der Waals surface area (Å²) in [6, 6.07) is 16.1. The molecular formula is C23H25N3O4. The first-order chi connectivity index (χ1) is 14.5. The van der Waals surface area contributed by atoms with Gasteiger partial charge in [-0.2, -0.15) is 5.26 Å². The maximum absolute atomic E-state index is 12.9. The van der Waals surface area contributed by atoms with E-state index in [1.807, 2.05) is 11.8 Å². The summed E-state index contributed by atoms with van der Waals surface area (Å²) in [5, 5.41) is 8.88. The minimum absolute atomic E-state index is 0.0412. The van der Waals surface area contributed by atoms with Crippen LogP contribution < -0.4 is 4.74 Å². The summed E-state index contributed by atoms with van der Waals surface area (Å²) < 4.78 is 10.6. The molecule has 1 aliphatic rings. The summed E-state index contributed by atoms with van der Waals surface area (Å²) in [7, 11) is 1.39. The average Bonchev–Trinajstić information content (AvgIpc) is 2.79. The van der Waals surface area contributed by atoms with Gasteiger partial charge in [0.25, 0.3) is 5.91 Å². The highest BCUT2D eigenvalue weighted by Crippen LogP contribution is 2.23. The number of hydrogen-bond donors (Lipinski definition) is 0. The maximum atomic E-state index is 12.9. The quantitative estimate of drug-likeness (QED) is 0.685. The van der Waals surface area contributed by atoms with E-state index in [1.165, 1.54) is 7.11 Å². The third-order valence-corrected chi connectivity index (χ3v) is 5.21. The molecule has 1 heterocycles. The van der Waals surface area contributed by atoms with E-state index in [0.717, 1.165) is 0 Å². The van der Waals surface area contributed by atoms with Crippen molar-refractivity contribution < 1.29 is 19.1 Å². The van der Waals surface area contributed by atoms with E-state index in [0.29, 0.717) is 55.2 Å². The fourth-order valence-corrected chi connectivity index (χ4v) is 3.43. The van der Waals surface area contributed by atoms with Crippen LogP contribution in [0, 0.1) is 11.3 Å². The summed E-state index contributed by atoms with van der Waals surface area (Å²) in [6.07, 6.45) is 0.346. The molecule has 0 spiro atoms. The monoisotopic (exact) mass is 407 g/mol. The molecule has 1 fully saturated rings. The smallest absolute Gasteiger partial charge is 0.307 e. The van der Waals surface area contributed by atoms with Crippen LogP contribution in [0.1, 0.15) is 29.3 Å². The minimum atomic E-state index is -0.222. The molecule has 0 N–H and O–H groups in total. The molecule has 7 nitrogen and oxygen atoms in total. The van der Waals surface area contributed by atoms with Crippen molar-refractivity contribution in [2.24, 2.45) is 0 Å². The Balaban J connectivity index is 1.59. The Morgan fingerprint density at radius 3 is 2.40 bits per heavy atom. The Morgan fingerprint density at radius 2 is 1.77 bits per heavy atom. The molecule has 0 aliphatic carbocycles. The molecule has 2 aromatic carbocycles. The highest BCUT2D eigenvalue weighted by atomic mass is 16.5. The molecule has 1 unspecified atom stereocenters. The summed E-state index contributed by atoms with van der Waals surface area (Å²) >= 11 is 0. The van der Waals surface area contributed by atoms with Crippen molar-refractivity contribution in [2.75, 3.05) is 33.3 Å².